The summed E-state index contributed by atoms with van der Waals surface area (Å²) in [6.45, 7) is 1.60. The number of rotatable bonds is 6. The number of carboxylic acid groups (broad SMARTS) is 1. The maximum atomic E-state index is 12.4. The topological polar surface area (TPSA) is 88.5 Å². The summed E-state index contributed by atoms with van der Waals surface area (Å²) in [4.78, 5) is 28.5. The maximum absolute atomic E-state index is 12.4. The SMILES string of the molecule is Cc1sc(NC(=O)C2CCCCC2)nc1-c1ccc(OCC(=O)O)cc1. The molecule has 138 valence electrons. The molecule has 1 heterocycles. The molecule has 2 N–H and O–H groups in total. The number of amides is 1. The quantitative estimate of drug-likeness (QED) is 0.795. The molecule has 0 atom stereocenters. The van der Waals surface area contributed by atoms with Gasteiger partial charge in [0, 0.05) is 16.4 Å². The van der Waals surface area contributed by atoms with Gasteiger partial charge in [-0.1, -0.05) is 19.3 Å². The number of anilines is 1. The van der Waals surface area contributed by atoms with Gasteiger partial charge in [-0.05, 0) is 44.0 Å². The van der Waals surface area contributed by atoms with Crippen molar-refractivity contribution in [2.45, 2.75) is 39.0 Å². The second-order valence-electron chi connectivity index (χ2n) is 6.45. The molecular formula is C19H22N2O4S. The Kier molecular flexibility index (Phi) is 5.88. The Labute approximate surface area is 156 Å². The minimum absolute atomic E-state index is 0.0717. The molecule has 7 heteroatoms. The summed E-state index contributed by atoms with van der Waals surface area (Å²) in [5, 5.41) is 12.2. The van der Waals surface area contributed by atoms with Gasteiger partial charge in [0.05, 0.1) is 5.69 Å². The van der Waals surface area contributed by atoms with Gasteiger partial charge in [-0.3, -0.25) is 4.79 Å². The fourth-order valence-electron chi connectivity index (χ4n) is 3.14. The van der Waals surface area contributed by atoms with Crippen LogP contribution >= 0.6 is 11.3 Å². The number of carboxylic acids is 1. The molecule has 0 saturated heterocycles. The van der Waals surface area contributed by atoms with Crippen LogP contribution in [-0.4, -0.2) is 28.6 Å². The molecule has 0 bridgehead atoms. The van der Waals surface area contributed by atoms with Crippen molar-refractivity contribution in [2.24, 2.45) is 5.92 Å². The predicted octanol–water partition coefficient (Wildman–Crippen LogP) is 4.10. The Balaban J connectivity index is 1.67. The number of thiazole rings is 1. The van der Waals surface area contributed by atoms with Crippen molar-refractivity contribution in [3.63, 3.8) is 0 Å². The molecule has 1 fully saturated rings. The van der Waals surface area contributed by atoms with E-state index in [9.17, 15) is 9.59 Å². The standard InChI is InChI=1S/C19H22N2O4S/c1-12-17(13-7-9-15(10-8-13)25-11-16(22)23)20-19(26-12)21-18(24)14-5-3-2-4-6-14/h7-10,14H,2-6,11H2,1H3,(H,22,23)(H,20,21,24). The summed E-state index contributed by atoms with van der Waals surface area (Å²) in [5.41, 5.74) is 1.72. The van der Waals surface area contributed by atoms with Gasteiger partial charge in [0.25, 0.3) is 0 Å². The first-order chi connectivity index (χ1) is 12.5. The Morgan fingerprint density at radius 2 is 1.92 bits per heavy atom. The molecule has 0 spiro atoms. The number of aryl methyl sites for hydroxylation is 1. The van der Waals surface area contributed by atoms with Crippen molar-refractivity contribution in [2.75, 3.05) is 11.9 Å². The first kappa shape index (κ1) is 18.4. The Hall–Kier alpha value is -2.41. The minimum atomic E-state index is -1.01. The summed E-state index contributed by atoms with van der Waals surface area (Å²) in [6.07, 6.45) is 5.38. The van der Waals surface area contributed by atoms with Crippen molar-refractivity contribution in [1.82, 2.24) is 4.98 Å². The van der Waals surface area contributed by atoms with Crippen LogP contribution in [-0.2, 0) is 9.59 Å². The summed E-state index contributed by atoms with van der Waals surface area (Å²) in [7, 11) is 0. The van der Waals surface area contributed by atoms with Crippen LogP contribution in [0.1, 0.15) is 37.0 Å². The van der Waals surface area contributed by atoms with Gasteiger partial charge in [0.2, 0.25) is 5.91 Å². The molecule has 1 saturated carbocycles. The normalized spacial score (nSPS) is 14.8. The van der Waals surface area contributed by atoms with E-state index in [0.29, 0.717) is 10.9 Å². The molecule has 3 rings (SSSR count). The van der Waals surface area contributed by atoms with Gasteiger partial charge in [-0.25, -0.2) is 9.78 Å². The second-order valence-corrected chi connectivity index (χ2v) is 7.66. The first-order valence-corrected chi connectivity index (χ1v) is 9.58. The molecule has 6 nitrogen and oxygen atoms in total. The summed E-state index contributed by atoms with van der Waals surface area (Å²) < 4.78 is 5.14. The third-order valence-corrected chi connectivity index (χ3v) is 5.38. The van der Waals surface area contributed by atoms with E-state index >= 15 is 0 Å². The van der Waals surface area contributed by atoms with E-state index in [0.717, 1.165) is 41.8 Å². The highest BCUT2D eigenvalue weighted by Gasteiger charge is 2.22. The Bertz CT molecular complexity index is 779. The number of benzene rings is 1. The molecular weight excluding hydrogens is 352 g/mol. The molecule has 0 aliphatic heterocycles. The zero-order valence-electron chi connectivity index (χ0n) is 14.7. The van der Waals surface area contributed by atoms with Crippen LogP contribution in [0.5, 0.6) is 5.75 Å². The third kappa shape index (κ3) is 4.60. The first-order valence-electron chi connectivity index (χ1n) is 8.76. The van der Waals surface area contributed by atoms with Crippen LogP contribution in [0, 0.1) is 12.8 Å². The second kappa shape index (κ2) is 8.31. The fourth-order valence-corrected chi connectivity index (χ4v) is 3.98. The molecule has 26 heavy (non-hydrogen) atoms. The lowest BCUT2D eigenvalue weighted by Crippen LogP contribution is -2.24. The molecule has 1 aliphatic carbocycles. The van der Waals surface area contributed by atoms with E-state index in [-0.39, 0.29) is 18.4 Å². The number of nitrogens with one attached hydrogen (secondary N) is 1. The Morgan fingerprint density at radius 3 is 2.58 bits per heavy atom. The van der Waals surface area contributed by atoms with E-state index in [1.54, 1.807) is 12.1 Å². The average molecular weight is 374 g/mol. The molecule has 1 amide bonds. The number of aromatic nitrogens is 1. The smallest absolute Gasteiger partial charge is 0.341 e. The fraction of sp³-hybridized carbons (Fsp3) is 0.421. The van der Waals surface area contributed by atoms with Crippen LogP contribution in [0.4, 0.5) is 5.13 Å². The van der Waals surface area contributed by atoms with E-state index < -0.39 is 5.97 Å². The molecule has 1 aromatic heterocycles. The zero-order chi connectivity index (χ0) is 18.5. The average Bonchev–Trinajstić information content (AvgIpc) is 3.01. The number of aliphatic carboxylic acids is 1. The molecule has 0 unspecified atom stereocenters. The minimum Gasteiger partial charge on any atom is -0.482 e. The highest BCUT2D eigenvalue weighted by molar-refractivity contribution is 7.16. The van der Waals surface area contributed by atoms with Crippen LogP contribution in [0.2, 0.25) is 0 Å². The molecule has 1 aromatic carbocycles. The van der Waals surface area contributed by atoms with Crippen molar-refractivity contribution in [3.8, 4) is 17.0 Å². The Morgan fingerprint density at radius 1 is 1.23 bits per heavy atom. The van der Waals surface area contributed by atoms with Gasteiger partial charge in [-0.2, -0.15) is 0 Å². The summed E-state index contributed by atoms with van der Waals surface area (Å²) >= 11 is 1.47. The number of carbonyl (C=O) groups is 2. The predicted molar refractivity (Wildman–Crippen MR) is 101 cm³/mol. The number of ether oxygens (including phenoxy) is 1. The van der Waals surface area contributed by atoms with Crippen LogP contribution in [0.3, 0.4) is 0 Å². The number of hydrogen-bond acceptors (Lipinski definition) is 5. The maximum Gasteiger partial charge on any atom is 0.341 e. The van der Waals surface area contributed by atoms with Crippen molar-refractivity contribution in [3.05, 3.63) is 29.1 Å². The van der Waals surface area contributed by atoms with E-state index in [2.05, 4.69) is 10.3 Å². The van der Waals surface area contributed by atoms with E-state index in [4.69, 9.17) is 9.84 Å². The van der Waals surface area contributed by atoms with E-state index in [1.807, 2.05) is 19.1 Å². The number of carbonyl (C=O) groups excluding carboxylic acids is 1. The lowest BCUT2D eigenvalue weighted by molar-refractivity contribution is -0.139. The molecule has 2 aromatic rings. The van der Waals surface area contributed by atoms with Gasteiger partial charge in [0.15, 0.2) is 11.7 Å². The van der Waals surface area contributed by atoms with Crippen LogP contribution in [0.25, 0.3) is 11.3 Å². The third-order valence-electron chi connectivity index (χ3n) is 4.49. The van der Waals surface area contributed by atoms with Gasteiger partial charge < -0.3 is 15.2 Å². The molecule has 1 aliphatic rings. The van der Waals surface area contributed by atoms with E-state index in [1.165, 1.54) is 17.8 Å². The highest BCUT2D eigenvalue weighted by atomic mass is 32.1. The summed E-state index contributed by atoms with van der Waals surface area (Å²) in [5.74, 6) is -0.345. The van der Waals surface area contributed by atoms with Crippen molar-refractivity contribution in [1.29, 1.82) is 0 Å². The summed E-state index contributed by atoms with van der Waals surface area (Å²) in [6, 6.07) is 7.12. The molecule has 0 radical (unpaired) electrons. The van der Waals surface area contributed by atoms with Crippen molar-refractivity contribution < 1.29 is 19.4 Å². The van der Waals surface area contributed by atoms with Gasteiger partial charge in [-0.15, -0.1) is 11.3 Å². The number of nitrogens with zero attached hydrogens (tertiary/aromatic N) is 1. The lowest BCUT2D eigenvalue weighted by atomic mass is 9.89. The number of hydrogen-bond donors (Lipinski definition) is 2. The van der Waals surface area contributed by atoms with Gasteiger partial charge in [0.1, 0.15) is 5.75 Å². The lowest BCUT2D eigenvalue weighted by Gasteiger charge is -2.19. The van der Waals surface area contributed by atoms with Crippen LogP contribution < -0.4 is 10.1 Å². The highest BCUT2D eigenvalue weighted by Crippen LogP contribution is 2.32. The monoisotopic (exact) mass is 374 g/mol. The zero-order valence-corrected chi connectivity index (χ0v) is 15.5. The largest absolute Gasteiger partial charge is 0.482 e. The van der Waals surface area contributed by atoms with Crippen molar-refractivity contribution >= 4 is 28.3 Å². The van der Waals surface area contributed by atoms with Crippen LogP contribution in [0.15, 0.2) is 24.3 Å². The van der Waals surface area contributed by atoms with Gasteiger partial charge >= 0.3 is 5.97 Å².